The molecule has 1 aromatic heterocycles. The average Bonchev–Trinajstić information content (AvgIpc) is 2.92. The summed E-state index contributed by atoms with van der Waals surface area (Å²) in [6.07, 6.45) is 4.08. The maximum absolute atomic E-state index is 5.98. The third-order valence-electron chi connectivity index (χ3n) is 4.69. The number of hydrogen-bond donors (Lipinski definition) is 0. The second-order valence-corrected chi connectivity index (χ2v) is 6.64. The van der Waals surface area contributed by atoms with Crippen LogP contribution in [0, 0.1) is 27.7 Å². The summed E-state index contributed by atoms with van der Waals surface area (Å²) >= 11 is 0. The summed E-state index contributed by atoms with van der Waals surface area (Å²) in [4.78, 5) is 4.52. The Hall–Kier alpha value is -2.29. The van der Waals surface area contributed by atoms with Gasteiger partial charge in [0.05, 0.1) is 24.0 Å². The fourth-order valence-electron chi connectivity index (χ4n) is 3.08. The molecule has 0 aliphatic rings. The normalized spacial score (nSPS) is 11.2. The number of unbranched alkanes of at least 4 members (excludes halogenated alkanes) is 1. The van der Waals surface area contributed by atoms with E-state index in [1.165, 1.54) is 27.8 Å². The van der Waals surface area contributed by atoms with Crippen molar-refractivity contribution in [1.29, 1.82) is 0 Å². The first-order valence-corrected chi connectivity index (χ1v) is 8.67. The summed E-state index contributed by atoms with van der Waals surface area (Å²) in [5, 5.41) is 0. The molecule has 0 saturated heterocycles. The van der Waals surface area contributed by atoms with Gasteiger partial charge in [0.2, 0.25) is 0 Å². The molecule has 3 aromatic rings. The standard InChI is InChI=1S/C21H26N2O/c1-15-8-7-9-16(2)21(15)24-11-6-5-10-23-14-22-19-12-17(3)18(4)13-20(19)23/h7-9,12-14H,5-6,10-11H2,1-4H3. The average molecular weight is 322 g/mol. The Bertz CT molecular complexity index is 828. The summed E-state index contributed by atoms with van der Waals surface area (Å²) in [5.41, 5.74) is 7.36. The van der Waals surface area contributed by atoms with Crippen molar-refractivity contribution in [2.75, 3.05) is 6.61 Å². The number of aromatic nitrogens is 2. The number of aryl methyl sites for hydroxylation is 5. The van der Waals surface area contributed by atoms with Gasteiger partial charge in [-0.2, -0.15) is 0 Å². The van der Waals surface area contributed by atoms with Crippen molar-refractivity contribution in [2.45, 2.75) is 47.1 Å². The number of rotatable bonds is 6. The van der Waals surface area contributed by atoms with Gasteiger partial charge in [0.25, 0.3) is 0 Å². The van der Waals surface area contributed by atoms with Gasteiger partial charge in [0.15, 0.2) is 0 Å². The van der Waals surface area contributed by atoms with Crippen LogP contribution in [0.5, 0.6) is 5.75 Å². The maximum atomic E-state index is 5.98. The van der Waals surface area contributed by atoms with E-state index in [0.29, 0.717) is 0 Å². The number of hydrogen-bond acceptors (Lipinski definition) is 2. The van der Waals surface area contributed by atoms with Crippen LogP contribution in [0.25, 0.3) is 11.0 Å². The quantitative estimate of drug-likeness (QED) is 0.588. The molecule has 0 aliphatic heterocycles. The van der Waals surface area contributed by atoms with E-state index in [0.717, 1.165) is 37.3 Å². The van der Waals surface area contributed by atoms with Crippen molar-refractivity contribution in [3.8, 4) is 5.75 Å². The van der Waals surface area contributed by atoms with Crippen LogP contribution in [0.1, 0.15) is 35.1 Å². The molecular weight excluding hydrogens is 296 g/mol. The molecule has 0 aliphatic carbocycles. The molecule has 0 fully saturated rings. The monoisotopic (exact) mass is 322 g/mol. The van der Waals surface area contributed by atoms with E-state index in [1.807, 2.05) is 6.33 Å². The zero-order valence-corrected chi connectivity index (χ0v) is 15.1. The molecule has 1 heterocycles. The molecule has 3 nitrogen and oxygen atoms in total. The minimum Gasteiger partial charge on any atom is -0.493 e. The van der Waals surface area contributed by atoms with E-state index in [4.69, 9.17) is 4.74 Å². The van der Waals surface area contributed by atoms with Gasteiger partial charge in [-0.1, -0.05) is 18.2 Å². The molecule has 0 radical (unpaired) electrons. The number of para-hydroxylation sites is 1. The zero-order valence-electron chi connectivity index (χ0n) is 15.1. The van der Waals surface area contributed by atoms with Crippen molar-refractivity contribution in [1.82, 2.24) is 9.55 Å². The third kappa shape index (κ3) is 3.45. The van der Waals surface area contributed by atoms with E-state index in [2.05, 4.69) is 67.6 Å². The Morgan fingerprint density at radius 1 is 0.917 bits per heavy atom. The largest absolute Gasteiger partial charge is 0.493 e. The molecule has 0 saturated carbocycles. The molecule has 0 bridgehead atoms. The van der Waals surface area contributed by atoms with E-state index in [1.54, 1.807) is 0 Å². The number of benzene rings is 2. The highest BCUT2D eigenvalue weighted by molar-refractivity contribution is 5.77. The molecule has 0 spiro atoms. The molecular formula is C21H26N2O. The van der Waals surface area contributed by atoms with Crippen molar-refractivity contribution >= 4 is 11.0 Å². The van der Waals surface area contributed by atoms with Gasteiger partial charge >= 0.3 is 0 Å². The van der Waals surface area contributed by atoms with Crippen molar-refractivity contribution in [3.63, 3.8) is 0 Å². The Balaban J connectivity index is 1.55. The first-order valence-electron chi connectivity index (χ1n) is 8.67. The van der Waals surface area contributed by atoms with Crippen molar-refractivity contribution in [2.24, 2.45) is 0 Å². The van der Waals surface area contributed by atoms with Gasteiger partial charge in [-0.25, -0.2) is 4.98 Å². The Kier molecular flexibility index (Phi) is 4.89. The van der Waals surface area contributed by atoms with E-state index < -0.39 is 0 Å². The van der Waals surface area contributed by atoms with Crippen LogP contribution >= 0.6 is 0 Å². The van der Waals surface area contributed by atoms with Gasteiger partial charge in [0.1, 0.15) is 5.75 Å². The van der Waals surface area contributed by atoms with Crippen LogP contribution in [0.15, 0.2) is 36.7 Å². The zero-order chi connectivity index (χ0) is 17.1. The Morgan fingerprint density at radius 3 is 2.38 bits per heavy atom. The molecule has 3 rings (SSSR count). The first kappa shape index (κ1) is 16.6. The summed E-state index contributed by atoms with van der Waals surface area (Å²) in [5.74, 6) is 1.04. The minimum absolute atomic E-state index is 0.760. The highest BCUT2D eigenvalue weighted by atomic mass is 16.5. The molecule has 0 amide bonds. The number of nitrogens with zero attached hydrogens (tertiary/aromatic N) is 2. The van der Waals surface area contributed by atoms with Crippen LogP contribution in [0.3, 0.4) is 0 Å². The maximum Gasteiger partial charge on any atom is 0.125 e. The van der Waals surface area contributed by atoms with Crippen LogP contribution in [-0.4, -0.2) is 16.2 Å². The minimum atomic E-state index is 0.760. The number of imidazole rings is 1. The first-order chi connectivity index (χ1) is 11.6. The van der Waals surface area contributed by atoms with Gasteiger partial charge in [-0.15, -0.1) is 0 Å². The lowest BCUT2D eigenvalue weighted by atomic mass is 10.1. The van der Waals surface area contributed by atoms with Gasteiger partial charge in [-0.3, -0.25) is 0 Å². The lowest BCUT2D eigenvalue weighted by molar-refractivity contribution is 0.299. The van der Waals surface area contributed by atoms with Gasteiger partial charge in [-0.05, 0) is 74.9 Å². The highest BCUT2D eigenvalue weighted by Crippen LogP contribution is 2.23. The van der Waals surface area contributed by atoms with Crippen LogP contribution < -0.4 is 4.74 Å². The summed E-state index contributed by atoms with van der Waals surface area (Å²) in [7, 11) is 0. The van der Waals surface area contributed by atoms with Crippen LogP contribution in [0.2, 0.25) is 0 Å². The van der Waals surface area contributed by atoms with E-state index in [9.17, 15) is 0 Å². The second kappa shape index (κ2) is 7.08. The lowest BCUT2D eigenvalue weighted by Crippen LogP contribution is -2.03. The third-order valence-corrected chi connectivity index (χ3v) is 4.69. The highest BCUT2D eigenvalue weighted by Gasteiger charge is 2.06. The summed E-state index contributed by atoms with van der Waals surface area (Å²) in [6, 6.07) is 10.7. The summed E-state index contributed by atoms with van der Waals surface area (Å²) in [6.45, 7) is 10.2. The second-order valence-electron chi connectivity index (χ2n) is 6.64. The molecule has 2 aromatic carbocycles. The predicted octanol–water partition coefficient (Wildman–Crippen LogP) is 5.13. The SMILES string of the molecule is Cc1cc2ncn(CCCCOc3c(C)cccc3C)c2cc1C. The Labute approximate surface area is 144 Å². The van der Waals surface area contributed by atoms with Crippen LogP contribution in [0.4, 0.5) is 0 Å². The van der Waals surface area contributed by atoms with E-state index in [-0.39, 0.29) is 0 Å². The molecule has 24 heavy (non-hydrogen) atoms. The van der Waals surface area contributed by atoms with Crippen molar-refractivity contribution in [3.05, 3.63) is 58.9 Å². The Morgan fingerprint density at radius 2 is 1.62 bits per heavy atom. The van der Waals surface area contributed by atoms with Crippen molar-refractivity contribution < 1.29 is 4.74 Å². The predicted molar refractivity (Wildman–Crippen MR) is 99.9 cm³/mol. The topological polar surface area (TPSA) is 27.1 Å². The van der Waals surface area contributed by atoms with Crippen LogP contribution in [-0.2, 0) is 6.54 Å². The lowest BCUT2D eigenvalue weighted by Gasteiger charge is -2.12. The fourth-order valence-corrected chi connectivity index (χ4v) is 3.08. The number of ether oxygens (including phenoxy) is 1. The molecule has 126 valence electrons. The smallest absolute Gasteiger partial charge is 0.125 e. The van der Waals surface area contributed by atoms with E-state index >= 15 is 0 Å². The molecule has 0 N–H and O–H groups in total. The fraction of sp³-hybridized carbons (Fsp3) is 0.381. The van der Waals surface area contributed by atoms with Gasteiger partial charge in [0, 0.05) is 6.54 Å². The van der Waals surface area contributed by atoms with Gasteiger partial charge < -0.3 is 9.30 Å². The summed E-state index contributed by atoms with van der Waals surface area (Å²) < 4.78 is 8.24. The molecule has 3 heteroatoms. The molecule has 0 unspecified atom stereocenters. The number of fused-ring (bicyclic) bond motifs is 1. The molecule has 0 atom stereocenters.